The summed E-state index contributed by atoms with van der Waals surface area (Å²) >= 11 is 0. The topological polar surface area (TPSA) is 27.7 Å². The Labute approximate surface area is 96.3 Å². The van der Waals surface area contributed by atoms with E-state index >= 15 is 0 Å². The van der Waals surface area contributed by atoms with Crippen molar-refractivity contribution in [3.05, 3.63) is 17.7 Å². The van der Waals surface area contributed by atoms with Crippen LogP contribution >= 0.6 is 0 Å². The Kier molecular flexibility index (Phi) is 2.70. The summed E-state index contributed by atoms with van der Waals surface area (Å²) in [6.45, 7) is 5.15. The van der Waals surface area contributed by atoms with E-state index in [1.54, 1.807) is 14.2 Å². The minimum atomic E-state index is 0.187. The van der Waals surface area contributed by atoms with Crippen molar-refractivity contribution in [1.82, 2.24) is 0 Å². The van der Waals surface area contributed by atoms with E-state index in [0.29, 0.717) is 0 Å². The second-order valence-electron chi connectivity index (χ2n) is 4.94. The lowest BCUT2D eigenvalue weighted by Crippen LogP contribution is -2.28. The van der Waals surface area contributed by atoms with Crippen molar-refractivity contribution >= 4 is 0 Å². The molecule has 0 aliphatic carbocycles. The van der Waals surface area contributed by atoms with Crippen LogP contribution in [0.1, 0.15) is 19.4 Å². The second kappa shape index (κ2) is 3.89. The summed E-state index contributed by atoms with van der Waals surface area (Å²) in [6, 6.07) is 3.92. The molecule has 0 radical (unpaired) electrons. The van der Waals surface area contributed by atoms with Crippen molar-refractivity contribution in [2.45, 2.75) is 20.3 Å². The van der Waals surface area contributed by atoms with Gasteiger partial charge in [0.15, 0.2) is 11.5 Å². The van der Waals surface area contributed by atoms with Gasteiger partial charge in [-0.15, -0.1) is 0 Å². The van der Waals surface area contributed by atoms with Crippen molar-refractivity contribution in [2.75, 3.05) is 20.8 Å². The standard InChI is InChI=1S/C13H18O3/c1-13(2)7-9-5-11(14-3)12(15-4)6-10(9)16-8-13/h5-6H,7-8H2,1-4H3. The Bertz CT molecular complexity index is 396. The first kappa shape index (κ1) is 11.1. The Morgan fingerprint density at radius 2 is 1.75 bits per heavy atom. The van der Waals surface area contributed by atoms with E-state index in [-0.39, 0.29) is 5.41 Å². The minimum absolute atomic E-state index is 0.187. The van der Waals surface area contributed by atoms with Crippen LogP contribution in [0.25, 0.3) is 0 Å². The molecule has 1 aliphatic rings. The zero-order valence-corrected chi connectivity index (χ0v) is 10.3. The molecule has 0 N–H and O–H groups in total. The van der Waals surface area contributed by atoms with Gasteiger partial charge in [0, 0.05) is 11.5 Å². The van der Waals surface area contributed by atoms with Gasteiger partial charge in [0.25, 0.3) is 0 Å². The molecule has 3 heteroatoms. The third kappa shape index (κ3) is 1.94. The van der Waals surface area contributed by atoms with Gasteiger partial charge in [0.2, 0.25) is 0 Å². The molecular weight excluding hydrogens is 204 g/mol. The molecule has 1 aromatic rings. The zero-order chi connectivity index (χ0) is 11.8. The van der Waals surface area contributed by atoms with Gasteiger partial charge in [-0.3, -0.25) is 0 Å². The lowest BCUT2D eigenvalue weighted by Gasteiger charge is -2.31. The smallest absolute Gasteiger partial charge is 0.164 e. The molecule has 0 amide bonds. The zero-order valence-electron chi connectivity index (χ0n) is 10.3. The molecular formula is C13H18O3. The highest BCUT2D eigenvalue weighted by Crippen LogP contribution is 2.40. The third-order valence-electron chi connectivity index (χ3n) is 2.85. The van der Waals surface area contributed by atoms with Crippen LogP contribution in [0.15, 0.2) is 12.1 Å². The maximum absolute atomic E-state index is 5.75. The molecule has 1 aliphatic heterocycles. The van der Waals surface area contributed by atoms with Crippen molar-refractivity contribution in [3.63, 3.8) is 0 Å². The third-order valence-corrected chi connectivity index (χ3v) is 2.85. The molecule has 0 saturated heterocycles. The Balaban J connectivity index is 2.42. The lowest BCUT2D eigenvalue weighted by molar-refractivity contribution is 0.154. The Hall–Kier alpha value is -1.38. The highest BCUT2D eigenvalue weighted by molar-refractivity contribution is 5.51. The number of ether oxygens (including phenoxy) is 3. The predicted molar refractivity (Wildman–Crippen MR) is 62.5 cm³/mol. The summed E-state index contributed by atoms with van der Waals surface area (Å²) in [4.78, 5) is 0. The van der Waals surface area contributed by atoms with Crippen LogP contribution in [0.2, 0.25) is 0 Å². The quantitative estimate of drug-likeness (QED) is 0.770. The van der Waals surface area contributed by atoms with Gasteiger partial charge in [0.05, 0.1) is 20.8 Å². The first-order valence-corrected chi connectivity index (χ1v) is 5.43. The Morgan fingerprint density at radius 1 is 1.12 bits per heavy atom. The van der Waals surface area contributed by atoms with Crippen LogP contribution < -0.4 is 14.2 Å². The predicted octanol–water partition coefficient (Wildman–Crippen LogP) is 2.66. The van der Waals surface area contributed by atoms with Crippen LogP contribution in [0.5, 0.6) is 17.2 Å². The average molecular weight is 222 g/mol. The SMILES string of the molecule is COc1cc2c(cc1OC)OCC(C)(C)C2. The summed E-state index contributed by atoms with van der Waals surface area (Å²) in [7, 11) is 3.29. The molecule has 16 heavy (non-hydrogen) atoms. The van der Waals surface area contributed by atoms with Gasteiger partial charge in [0.1, 0.15) is 5.75 Å². The largest absolute Gasteiger partial charge is 0.493 e. The summed E-state index contributed by atoms with van der Waals surface area (Å²) in [5.74, 6) is 2.40. The minimum Gasteiger partial charge on any atom is -0.493 e. The van der Waals surface area contributed by atoms with Crippen molar-refractivity contribution in [1.29, 1.82) is 0 Å². The molecule has 0 unspecified atom stereocenters. The summed E-state index contributed by atoms with van der Waals surface area (Å²) in [5.41, 5.74) is 1.38. The number of rotatable bonds is 2. The molecule has 0 aromatic heterocycles. The van der Waals surface area contributed by atoms with Crippen LogP contribution in [-0.2, 0) is 6.42 Å². The molecule has 3 nitrogen and oxygen atoms in total. The molecule has 0 spiro atoms. The van der Waals surface area contributed by atoms with Crippen molar-refractivity contribution in [3.8, 4) is 17.2 Å². The average Bonchev–Trinajstić information content (AvgIpc) is 2.26. The fourth-order valence-corrected chi connectivity index (χ4v) is 2.01. The Morgan fingerprint density at radius 3 is 2.38 bits per heavy atom. The van der Waals surface area contributed by atoms with Crippen LogP contribution in [0.4, 0.5) is 0 Å². The summed E-state index contributed by atoms with van der Waals surface area (Å²) in [5, 5.41) is 0. The van der Waals surface area contributed by atoms with Gasteiger partial charge < -0.3 is 14.2 Å². The molecule has 2 rings (SSSR count). The number of benzene rings is 1. The van der Waals surface area contributed by atoms with E-state index in [2.05, 4.69) is 13.8 Å². The highest BCUT2D eigenvalue weighted by Gasteiger charge is 2.28. The molecule has 0 bridgehead atoms. The molecule has 0 fully saturated rings. The molecule has 1 heterocycles. The maximum Gasteiger partial charge on any atom is 0.164 e. The van der Waals surface area contributed by atoms with E-state index in [1.807, 2.05) is 12.1 Å². The molecule has 0 saturated carbocycles. The number of methoxy groups -OCH3 is 2. The summed E-state index contributed by atoms with van der Waals surface area (Å²) in [6.07, 6.45) is 1.00. The summed E-state index contributed by atoms with van der Waals surface area (Å²) < 4.78 is 16.3. The van der Waals surface area contributed by atoms with Crippen molar-refractivity contribution in [2.24, 2.45) is 5.41 Å². The van der Waals surface area contributed by atoms with E-state index in [0.717, 1.165) is 30.3 Å². The maximum atomic E-state index is 5.75. The van der Waals surface area contributed by atoms with E-state index in [4.69, 9.17) is 14.2 Å². The van der Waals surface area contributed by atoms with Gasteiger partial charge in [-0.05, 0) is 18.1 Å². The van der Waals surface area contributed by atoms with Gasteiger partial charge in [-0.1, -0.05) is 13.8 Å². The van der Waals surface area contributed by atoms with E-state index in [9.17, 15) is 0 Å². The lowest BCUT2D eigenvalue weighted by atomic mass is 9.84. The van der Waals surface area contributed by atoms with E-state index in [1.165, 1.54) is 5.56 Å². The normalized spacial score (nSPS) is 17.2. The van der Waals surface area contributed by atoms with Crippen LogP contribution in [0.3, 0.4) is 0 Å². The van der Waals surface area contributed by atoms with E-state index < -0.39 is 0 Å². The molecule has 0 atom stereocenters. The number of hydrogen-bond donors (Lipinski definition) is 0. The molecule has 1 aromatic carbocycles. The second-order valence-corrected chi connectivity index (χ2v) is 4.94. The highest BCUT2D eigenvalue weighted by atomic mass is 16.5. The van der Waals surface area contributed by atoms with Gasteiger partial charge in [-0.2, -0.15) is 0 Å². The fraction of sp³-hybridized carbons (Fsp3) is 0.538. The number of hydrogen-bond acceptors (Lipinski definition) is 3. The van der Waals surface area contributed by atoms with Crippen molar-refractivity contribution < 1.29 is 14.2 Å². The van der Waals surface area contributed by atoms with Gasteiger partial charge >= 0.3 is 0 Å². The first-order valence-electron chi connectivity index (χ1n) is 5.43. The molecule has 88 valence electrons. The number of fused-ring (bicyclic) bond motifs is 1. The monoisotopic (exact) mass is 222 g/mol. The van der Waals surface area contributed by atoms with Crippen LogP contribution in [-0.4, -0.2) is 20.8 Å². The van der Waals surface area contributed by atoms with Crippen LogP contribution in [0, 0.1) is 5.41 Å². The van der Waals surface area contributed by atoms with Gasteiger partial charge in [-0.25, -0.2) is 0 Å². The first-order chi connectivity index (χ1) is 7.55. The fourth-order valence-electron chi connectivity index (χ4n) is 2.01.